The smallest absolute Gasteiger partial charge is 0.226 e. The Hall–Kier alpha value is -3.25. The molecular weight excluding hydrogens is 382 g/mol. The largest absolute Gasteiger partial charge is 0.441 e. The molecule has 0 aliphatic rings. The molecule has 0 unspecified atom stereocenters. The van der Waals surface area contributed by atoms with Crippen molar-refractivity contribution in [1.29, 1.82) is 0 Å². The Morgan fingerprint density at radius 2 is 1.83 bits per heavy atom. The number of hydrogen-bond acceptors (Lipinski definition) is 5. The number of nitrogens with one attached hydrogen (secondary N) is 1. The van der Waals surface area contributed by atoms with Gasteiger partial charge in [0.1, 0.15) is 0 Å². The van der Waals surface area contributed by atoms with Gasteiger partial charge in [-0.1, -0.05) is 60.2 Å². The summed E-state index contributed by atoms with van der Waals surface area (Å²) in [7, 11) is 0. The summed E-state index contributed by atoms with van der Waals surface area (Å²) >= 11 is 1.50. The highest BCUT2D eigenvalue weighted by Gasteiger charge is 2.11. The van der Waals surface area contributed by atoms with E-state index in [0.29, 0.717) is 29.6 Å². The molecule has 0 aliphatic heterocycles. The van der Waals surface area contributed by atoms with Crippen LogP contribution in [0.3, 0.4) is 0 Å². The molecule has 0 radical (unpaired) electrons. The van der Waals surface area contributed by atoms with E-state index in [2.05, 4.69) is 46.5 Å². The van der Waals surface area contributed by atoms with Crippen LogP contribution in [0.5, 0.6) is 0 Å². The van der Waals surface area contributed by atoms with Crippen LogP contribution < -0.4 is 5.32 Å². The van der Waals surface area contributed by atoms with Gasteiger partial charge in [-0.3, -0.25) is 4.79 Å². The molecule has 2 aromatic carbocycles. The van der Waals surface area contributed by atoms with Crippen LogP contribution in [0.15, 0.2) is 71.4 Å². The second kappa shape index (κ2) is 8.84. The van der Waals surface area contributed by atoms with Gasteiger partial charge in [-0.05, 0) is 12.5 Å². The van der Waals surface area contributed by atoms with Gasteiger partial charge in [-0.15, -0.1) is 11.3 Å². The number of rotatable bonds is 7. The normalized spacial score (nSPS) is 10.8. The second-order valence-corrected chi connectivity index (χ2v) is 7.94. The summed E-state index contributed by atoms with van der Waals surface area (Å²) in [5.74, 6) is 1.17. The van der Waals surface area contributed by atoms with E-state index in [1.54, 1.807) is 6.20 Å². The van der Waals surface area contributed by atoms with Crippen molar-refractivity contribution < 1.29 is 9.21 Å². The maximum atomic E-state index is 12.3. The number of carbonyl (C=O) groups excluding carboxylic acids is 1. The average Bonchev–Trinajstić information content (AvgIpc) is 3.38. The third-order valence-corrected chi connectivity index (χ3v) is 5.39. The van der Waals surface area contributed by atoms with Crippen molar-refractivity contribution in [2.24, 2.45) is 0 Å². The van der Waals surface area contributed by atoms with Gasteiger partial charge >= 0.3 is 0 Å². The van der Waals surface area contributed by atoms with E-state index in [9.17, 15) is 4.79 Å². The molecule has 0 aliphatic carbocycles. The van der Waals surface area contributed by atoms with E-state index in [1.165, 1.54) is 22.5 Å². The SMILES string of the molecule is Cc1ccc(Cc2cnc(NC(=O)CCc3ncc(-c4ccccc4)o3)s2)cc1. The fraction of sp³-hybridized carbons (Fsp3) is 0.174. The Bertz CT molecular complexity index is 1080. The summed E-state index contributed by atoms with van der Waals surface area (Å²) in [5, 5.41) is 3.48. The molecule has 0 saturated carbocycles. The second-order valence-electron chi connectivity index (χ2n) is 6.83. The van der Waals surface area contributed by atoms with E-state index in [0.717, 1.165) is 16.9 Å². The lowest BCUT2D eigenvalue weighted by molar-refractivity contribution is -0.116. The van der Waals surface area contributed by atoms with Gasteiger partial charge in [0.15, 0.2) is 16.8 Å². The van der Waals surface area contributed by atoms with E-state index < -0.39 is 0 Å². The quantitative estimate of drug-likeness (QED) is 0.456. The fourth-order valence-electron chi connectivity index (χ4n) is 2.92. The van der Waals surface area contributed by atoms with Crippen LogP contribution in [0.1, 0.15) is 28.3 Å². The molecule has 2 aromatic heterocycles. The zero-order valence-electron chi connectivity index (χ0n) is 16.1. The molecule has 2 heterocycles. The fourth-order valence-corrected chi connectivity index (χ4v) is 3.78. The molecule has 6 heteroatoms. The number of nitrogens with zero attached hydrogens (tertiary/aromatic N) is 2. The molecule has 0 spiro atoms. The van der Waals surface area contributed by atoms with Gasteiger partial charge in [0, 0.05) is 35.9 Å². The molecule has 146 valence electrons. The van der Waals surface area contributed by atoms with Crippen LogP contribution in [0.25, 0.3) is 11.3 Å². The number of oxazole rings is 1. The van der Waals surface area contributed by atoms with Crippen LogP contribution in [0.2, 0.25) is 0 Å². The van der Waals surface area contributed by atoms with Gasteiger partial charge in [-0.2, -0.15) is 0 Å². The first-order chi connectivity index (χ1) is 14.2. The van der Waals surface area contributed by atoms with Crippen molar-refractivity contribution in [2.45, 2.75) is 26.2 Å². The van der Waals surface area contributed by atoms with Gasteiger partial charge in [0.2, 0.25) is 5.91 Å². The summed E-state index contributed by atoms with van der Waals surface area (Å²) in [6.45, 7) is 2.07. The van der Waals surface area contributed by atoms with Crippen LogP contribution in [0, 0.1) is 6.92 Å². The predicted molar refractivity (Wildman–Crippen MR) is 115 cm³/mol. The molecule has 29 heavy (non-hydrogen) atoms. The molecule has 0 saturated heterocycles. The van der Waals surface area contributed by atoms with Gasteiger partial charge in [-0.25, -0.2) is 9.97 Å². The molecule has 4 aromatic rings. The molecule has 0 atom stereocenters. The zero-order chi connectivity index (χ0) is 20.1. The average molecular weight is 404 g/mol. The number of aromatic nitrogens is 2. The maximum Gasteiger partial charge on any atom is 0.226 e. The third-order valence-electron chi connectivity index (χ3n) is 4.48. The monoisotopic (exact) mass is 403 g/mol. The van der Waals surface area contributed by atoms with Gasteiger partial charge in [0.05, 0.1) is 6.20 Å². The van der Waals surface area contributed by atoms with Crippen molar-refractivity contribution in [2.75, 3.05) is 5.32 Å². The maximum absolute atomic E-state index is 12.3. The number of aryl methyl sites for hydroxylation is 2. The molecule has 5 nitrogen and oxygen atoms in total. The van der Waals surface area contributed by atoms with Crippen LogP contribution in [-0.2, 0) is 17.6 Å². The number of carbonyl (C=O) groups is 1. The van der Waals surface area contributed by atoms with Gasteiger partial charge in [0.25, 0.3) is 0 Å². The van der Waals surface area contributed by atoms with E-state index in [1.807, 2.05) is 36.5 Å². The van der Waals surface area contributed by atoms with Crippen molar-refractivity contribution >= 4 is 22.4 Å². The first kappa shape index (κ1) is 19.1. The summed E-state index contributed by atoms with van der Waals surface area (Å²) in [4.78, 5) is 22.0. The lowest BCUT2D eigenvalue weighted by atomic mass is 10.1. The molecule has 4 rings (SSSR count). The number of anilines is 1. The summed E-state index contributed by atoms with van der Waals surface area (Å²) < 4.78 is 5.75. The first-order valence-electron chi connectivity index (χ1n) is 9.46. The van der Waals surface area contributed by atoms with Crippen molar-refractivity contribution in [3.05, 3.63) is 88.9 Å². The van der Waals surface area contributed by atoms with Crippen LogP contribution >= 0.6 is 11.3 Å². The van der Waals surface area contributed by atoms with Gasteiger partial charge < -0.3 is 9.73 Å². The minimum atomic E-state index is -0.0966. The number of thiazole rings is 1. The van der Waals surface area contributed by atoms with E-state index >= 15 is 0 Å². The highest BCUT2D eigenvalue weighted by Crippen LogP contribution is 2.23. The summed E-state index contributed by atoms with van der Waals surface area (Å²) in [6.07, 6.45) is 5.06. The van der Waals surface area contributed by atoms with Crippen molar-refractivity contribution in [1.82, 2.24) is 9.97 Å². The van der Waals surface area contributed by atoms with E-state index in [4.69, 9.17) is 4.42 Å². The lowest BCUT2D eigenvalue weighted by Crippen LogP contribution is -2.12. The minimum Gasteiger partial charge on any atom is -0.441 e. The molecule has 0 fully saturated rings. The van der Waals surface area contributed by atoms with Crippen molar-refractivity contribution in [3.63, 3.8) is 0 Å². The molecule has 1 N–H and O–H groups in total. The molecule has 0 bridgehead atoms. The first-order valence-corrected chi connectivity index (χ1v) is 10.3. The Balaban J connectivity index is 1.28. The Morgan fingerprint density at radius 3 is 2.62 bits per heavy atom. The zero-order valence-corrected chi connectivity index (χ0v) is 16.9. The van der Waals surface area contributed by atoms with Crippen LogP contribution in [-0.4, -0.2) is 15.9 Å². The van der Waals surface area contributed by atoms with E-state index in [-0.39, 0.29) is 5.91 Å². The highest BCUT2D eigenvalue weighted by molar-refractivity contribution is 7.15. The predicted octanol–water partition coefficient (Wildman–Crippen LogP) is 5.27. The number of hydrogen-bond donors (Lipinski definition) is 1. The molecule has 1 amide bonds. The molecular formula is C23H21N3O2S. The summed E-state index contributed by atoms with van der Waals surface area (Å²) in [5.41, 5.74) is 3.45. The van der Waals surface area contributed by atoms with Crippen LogP contribution in [0.4, 0.5) is 5.13 Å². The Morgan fingerprint density at radius 1 is 1.03 bits per heavy atom. The minimum absolute atomic E-state index is 0.0966. The Labute approximate surface area is 173 Å². The standard InChI is InChI=1S/C23H21N3O2S/c1-16-7-9-17(10-8-16)13-19-14-25-23(29-19)26-21(27)11-12-22-24-15-20(28-22)18-5-3-2-4-6-18/h2-10,14-15H,11-13H2,1H3,(H,25,26,27). The topological polar surface area (TPSA) is 68.0 Å². The lowest BCUT2D eigenvalue weighted by Gasteiger charge is -2.00. The third kappa shape index (κ3) is 5.18. The van der Waals surface area contributed by atoms with Crippen molar-refractivity contribution in [3.8, 4) is 11.3 Å². The summed E-state index contributed by atoms with van der Waals surface area (Å²) in [6, 6.07) is 18.2. The highest BCUT2D eigenvalue weighted by atomic mass is 32.1. The number of amides is 1. The Kier molecular flexibility index (Phi) is 5.81. The number of benzene rings is 2.